The van der Waals surface area contributed by atoms with Gasteiger partial charge in [0.25, 0.3) is 0 Å². The van der Waals surface area contributed by atoms with Gasteiger partial charge in [-0.25, -0.2) is 0 Å². The lowest BCUT2D eigenvalue weighted by molar-refractivity contribution is -0.364. The van der Waals surface area contributed by atoms with Crippen LogP contribution in [0, 0.1) is 0 Å². The molecule has 0 aromatic rings. The van der Waals surface area contributed by atoms with Crippen LogP contribution in [0.15, 0.2) is 0 Å². The summed E-state index contributed by atoms with van der Waals surface area (Å²) in [6, 6.07) is 0. The second-order valence-corrected chi connectivity index (χ2v) is 2.50. The number of rotatable bonds is 4. The van der Waals surface area contributed by atoms with Crippen molar-refractivity contribution in [2.24, 2.45) is 5.73 Å². The van der Waals surface area contributed by atoms with Gasteiger partial charge in [0.1, 0.15) is 5.66 Å². The third-order valence-electron chi connectivity index (χ3n) is 1.69. The molecule has 0 spiro atoms. The minimum Gasteiger partial charge on any atom is -0.309 e. The molecule has 0 fully saturated rings. The van der Waals surface area contributed by atoms with Crippen molar-refractivity contribution in [3.8, 4) is 0 Å². The van der Waals surface area contributed by atoms with Crippen LogP contribution in [0.25, 0.3) is 0 Å². The number of nitrogens with two attached hydrogens (primary N) is 1. The van der Waals surface area contributed by atoms with Crippen LogP contribution in [0.5, 0.6) is 0 Å². The molecule has 0 bridgehead atoms. The van der Waals surface area contributed by atoms with E-state index in [1.807, 2.05) is 13.8 Å². The fourth-order valence-corrected chi connectivity index (χ4v) is 0.851. The first kappa shape index (κ1) is 9.84. The normalized spacial score (nSPS) is 17.4. The number of hydrogen-bond acceptors (Lipinski definition) is 4. The molecule has 4 heteroatoms. The molecule has 0 aromatic carbocycles. The fraction of sp³-hybridized carbons (Fsp3) is 1.00. The van der Waals surface area contributed by atoms with Crippen molar-refractivity contribution in [2.75, 3.05) is 0 Å². The summed E-state index contributed by atoms with van der Waals surface area (Å²) in [5.74, 6) is 0. The molecule has 0 heterocycles. The Morgan fingerprint density at radius 2 is 1.90 bits per heavy atom. The zero-order valence-electron chi connectivity index (χ0n) is 6.54. The highest BCUT2D eigenvalue weighted by atomic mass is 16.8. The summed E-state index contributed by atoms with van der Waals surface area (Å²) < 4.78 is 0. The SMILES string of the molecule is CCCC(N)(CC)N(O)O. The van der Waals surface area contributed by atoms with Crippen molar-refractivity contribution in [1.82, 2.24) is 5.23 Å². The Bertz CT molecular complexity index is 97.7. The van der Waals surface area contributed by atoms with E-state index in [4.69, 9.17) is 16.1 Å². The van der Waals surface area contributed by atoms with E-state index in [0.717, 1.165) is 6.42 Å². The first-order chi connectivity index (χ1) is 4.56. The molecule has 62 valence electrons. The standard InChI is InChI=1S/C6H16N2O2/c1-3-5-6(7,4-2)8(9)10/h9-10H,3-5,7H2,1-2H3. The van der Waals surface area contributed by atoms with Crippen molar-refractivity contribution < 1.29 is 10.4 Å². The van der Waals surface area contributed by atoms with Crippen molar-refractivity contribution in [2.45, 2.75) is 38.8 Å². The van der Waals surface area contributed by atoms with Crippen LogP contribution in [0.3, 0.4) is 0 Å². The van der Waals surface area contributed by atoms with Crippen molar-refractivity contribution in [1.29, 1.82) is 0 Å². The first-order valence-corrected chi connectivity index (χ1v) is 3.53. The van der Waals surface area contributed by atoms with Gasteiger partial charge in [-0.05, 0) is 12.8 Å². The van der Waals surface area contributed by atoms with Crippen molar-refractivity contribution in [3.63, 3.8) is 0 Å². The molecule has 0 amide bonds. The largest absolute Gasteiger partial charge is 0.309 e. The minimum atomic E-state index is -0.964. The average Bonchev–Trinajstić information content (AvgIpc) is 1.88. The van der Waals surface area contributed by atoms with Crippen LogP contribution < -0.4 is 5.73 Å². The summed E-state index contributed by atoms with van der Waals surface area (Å²) in [5.41, 5.74) is 4.61. The van der Waals surface area contributed by atoms with E-state index in [1.165, 1.54) is 0 Å². The Kier molecular flexibility index (Phi) is 3.81. The number of nitrogens with zero attached hydrogens (tertiary/aromatic N) is 1. The third kappa shape index (κ3) is 2.22. The molecule has 0 aromatic heterocycles. The molecule has 0 aliphatic rings. The van der Waals surface area contributed by atoms with E-state index in [9.17, 15) is 0 Å². The molecule has 1 atom stereocenters. The van der Waals surface area contributed by atoms with E-state index in [-0.39, 0.29) is 5.23 Å². The Hall–Kier alpha value is -0.160. The summed E-state index contributed by atoms with van der Waals surface area (Å²) in [7, 11) is 0. The second-order valence-electron chi connectivity index (χ2n) is 2.50. The van der Waals surface area contributed by atoms with Crippen LogP contribution >= 0.6 is 0 Å². The van der Waals surface area contributed by atoms with E-state index >= 15 is 0 Å². The molecule has 0 saturated heterocycles. The van der Waals surface area contributed by atoms with Gasteiger partial charge in [0.2, 0.25) is 0 Å². The first-order valence-electron chi connectivity index (χ1n) is 3.53. The maximum Gasteiger partial charge on any atom is 0.120 e. The van der Waals surface area contributed by atoms with Crippen LogP contribution in [0.2, 0.25) is 0 Å². The Morgan fingerprint density at radius 3 is 2.00 bits per heavy atom. The predicted molar refractivity (Wildman–Crippen MR) is 37.5 cm³/mol. The Balaban J connectivity index is 3.94. The molecule has 4 N–H and O–H groups in total. The molecule has 0 aliphatic heterocycles. The third-order valence-corrected chi connectivity index (χ3v) is 1.69. The van der Waals surface area contributed by atoms with Crippen molar-refractivity contribution >= 4 is 0 Å². The molecule has 4 nitrogen and oxygen atoms in total. The lowest BCUT2D eigenvalue weighted by atomic mass is 10.0. The van der Waals surface area contributed by atoms with E-state index in [1.54, 1.807) is 0 Å². The Morgan fingerprint density at radius 1 is 1.40 bits per heavy atom. The quantitative estimate of drug-likeness (QED) is 0.410. The average molecular weight is 148 g/mol. The highest BCUT2D eigenvalue weighted by Gasteiger charge is 2.27. The highest BCUT2D eigenvalue weighted by Crippen LogP contribution is 2.15. The minimum absolute atomic E-state index is 0.108. The second kappa shape index (κ2) is 3.88. The molecule has 0 saturated carbocycles. The van der Waals surface area contributed by atoms with E-state index in [0.29, 0.717) is 12.8 Å². The molecule has 10 heavy (non-hydrogen) atoms. The van der Waals surface area contributed by atoms with Gasteiger partial charge in [-0.15, -0.1) is 0 Å². The van der Waals surface area contributed by atoms with Crippen LogP contribution in [-0.2, 0) is 0 Å². The lowest BCUT2D eigenvalue weighted by Crippen LogP contribution is -2.52. The summed E-state index contributed by atoms with van der Waals surface area (Å²) in [6.45, 7) is 3.76. The van der Waals surface area contributed by atoms with E-state index < -0.39 is 5.66 Å². The maximum atomic E-state index is 8.67. The molecular formula is C6H16N2O2. The molecule has 0 rings (SSSR count). The van der Waals surface area contributed by atoms with Gasteiger partial charge in [-0.3, -0.25) is 10.4 Å². The van der Waals surface area contributed by atoms with Gasteiger partial charge in [0, 0.05) is 0 Å². The lowest BCUT2D eigenvalue weighted by Gasteiger charge is -2.30. The highest BCUT2D eigenvalue weighted by molar-refractivity contribution is 4.73. The van der Waals surface area contributed by atoms with Crippen molar-refractivity contribution in [3.05, 3.63) is 0 Å². The number of hydroxylamine groups is 2. The van der Waals surface area contributed by atoms with Crippen LogP contribution in [0.1, 0.15) is 33.1 Å². The Labute approximate surface area is 61.2 Å². The molecule has 0 radical (unpaired) electrons. The smallest absolute Gasteiger partial charge is 0.120 e. The van der Waals surface area contributed by atoms with E-state index in [2.05, 4.69) is 0 Å². The monoisotopic (exact) mass is 148 g/mol. The summed E-state index contributed by atoms with van der Waals surface area (Å²) in [5, 5.41) is 17.4. The fourth-order valence-electron chi connectivity index (χ4n) is 0.851. The van der Waals surface area contributed by atoms with Crippen LogP contribution in [-0.4, -0.2) is 21.3 Å². The van der Waals surface area contributed by atoms with Gasteiger partial charge >= 0.3 is 0 Å². The topological polar surface area (TPSA) is 69.7 Å². The summed E-state index contributed by atoms with van der Waals surface area (Å²) >= 11 is 0. The summed E-state index contributed by atoms with van der Waals surface area (Å²) in [6.07, 6.45) is 1.94. The summed E-state index contributed by atoms with van der Waals surface area (Å²) in [4.78, 5) is 0. The molecule has 0 aliphatic carbocycles. The number of hydrogen-bond donors (Lipinski definition) is 3. The van der Waals surface area contributed by atoms with Crippen LogP contribution in [0.4, 0.5) is 0 Å². The maximum absolute atomic E-state index is 8.67. The predicted octanol–water partition coefficient (Wildman–Crippen LogP) is 0.932. The van der Waals surface area contributed by atoms with Gasteiger partial charge in [0.05, 0.1) is 0 Å². The zero-order valence-corrected chi connectivity index (χ0v) is 6.54. The van der Waals surface area contributed by atoms with Gasteiger partial charge in [-0.2, -0.15) is 0 Å². The molecule has 1 unspecified atom stereocenters. The van der Waals surface area contributed by atoms with Gasteiger partial charge in [-0.1, -0.05) is 25.5 Å². The van der Waals surface area contributed by atoms with Gasteiger partial charge in [0.15, 0.2) is 0 Å². The zero-order chi connectivity index (χ0) is 8.20. The van der Waals surface area contributed by atoms with Gasteiger partial charge < -0.3 is 5.73 Å². The molecular weight excluding hydrogens is 132 g/mol.